The van der Waals surface area contributed by atoms with Gasteiger partial charge in [-0.15, -0.1) is 0 Å². The van der Waals surface area contributed by atoms with Gasteiger partial charge in [0.2, 0.25) is 0 Å². The third-order valence-electron chi connectivity index (χ3n) is 3.50. The number of nitrogens with two attached hydrogens (primary N) is 1. The minimum atomic E-state index is 0.0943. The van der Waals surface area contributed by atoms with Crippen LogP contribution in [0.3, 0.4) is 0 Å². The van der Waals surface area contributed by atoms with Gasteiger partial charge in [-0.25, -0.2) is 0 Å². The Kier molecular flexibility index (Phi) is 3.48. The van der Waals surface area contributed by atoms with Gasteiger partial charge in [0.25, 0.3) is 0 Å². The van der Waals surface area contributed by atoms with Gasteiger partial charge < -0.3 is 10.5 Å². The van der Waals surface area contributed by atoms with Crippen molar-refractivity contribution < 1.29 is 4.74 Å². The maximum Gasteiger partial charge on any atom is 0.134 e. The van der Waals surface area contributed by atoms with E-state index in [1.165, 1.54) is 12.0 Å². The third-order valence-corrected chi connectivity index (χ3v) is 4.53. The summed E-state index contributed by atoms with van der Waals surface area (Å²) in [6.45, 7) is 0.662. The van der Waals surface area contributed by atoms with E-state index in [1.807, 2.05) is 12.1 Å². The predicted octanol–water partition coefficient (Wildman–Crippen LogP) is 3.49. The van der Waals surface area contributed by atoms with Crippen molar-refractivity contribution in [2.24, 2.45) is 5.73 Å². The van der Waals surface area contributed by atoms with Crippen LogP contribution in [0.1, 0.15) is 24.8 Å². The summed E-state index contributed by atoms with van der Waals surface area (Å²) in [7, 11) is 1.65. The summed E-state index contributed by atoms with van der Waals surface area (Å²) < 4.78 is 6.29. The largest absolute Gasteiger partial charge is 0.496 e. The number of ether oxygens (including phenoxy) is 1. The van der Waals surface area contributed by atoms with Gasteiger partial charge in [0.1, 0.15) is 5.75 Å². The first kappa shape index (κ1) is 12.2. The molecule has 0 radical (unpaired) electrons. The number of methoxy groups -OCH3 is 1. The van der Waals surface area contributed by atoms with Crippen LogP contribution in [0.5, 0.6) is 5.75 Å². The Bertz CT molecular complexity index is 399. The molecule has 0 amide bonds. The number of hydrogen-bond donors (Lipinski definition) is 1. The van der Waals surface area contributed by atoms with Crippen molar-refractivity contribution in [3.05, 3.63) is 27.2 Å². The van der Waals surface area contributed by atoms with E-state index in [2.05, 4.69) is 15.9 Å². The Morgan fingerprint density at radius 1 is 1.50 bits per heavy atom. The average molecular weight is 305 g/mol. The topological polar surface area (TPSA) is 35.2 Å². The fourth-order valence-corrected chi connectivity index (χ4v) is 3.31. The van der Waals surface area contributed by atoms with Gasteiger partial charge >= 0.3 is 0 Å². The van der Waals surface area contributed by atoms with E-state index >= 15 is 0 Å². The van der Waals surface area contributed by atoms with E-state index in [0.717, 1.165) is 23.1 Å². The van der Waals surface area contributed by atoms with Crippen LogP contribution in [-0.2, 0) is 5.41 Å². The zero-order valence-corrected chi connectivity index (χ0v) is 11.6. The summed E-state index contributed by atoms with van der Waals surface area (Å²) in [5.74, 6) is 0.780. The van der Waals surface area contributed by atoms with Crippen LogP contribution in [-0.4, -0.2) is 13.7 Å². The molecule has 0 atom stereocenters. The summed E-state index contributed by atoms with van der Waals surface area (Å²) in [5.41, 5.74) is 7.19. The van der Waals surface area contributed by atoms with Crippen molar-refractivity contribution in [1.29, 1.82) is 0 Å². The van der Waals surface area contributed by atoms with Crippen molar-refractivity contribution in [1.82, 2.24) is 0 Å². The molecule has 0 spiro atoms. The molecule has 0 heterocycles. The summed E-state index contributed by atoms with van der Waals surface area (Å²) >= 11 is 9.69. The quantitative estimate of drug-likeness (QED) is 0.927. The van der Waals surface area contributed by atoms with Gasteiger partial charge in [-0.3, -0.25) is 0 Å². The van der Waals surface area contributed by atoms with Crippen molar-refractivity contribution in [3.63, 3.8) is 0 Å². The lowest BCUT2D eigenvalue weighted by atomic mass is 9.64. The average Bonchev–Trinajstić information content (AvgIpc) is 2.21. The van der Waals surface area contributed by atoms with Crippen LogP contribution < -0.4 is 10.5 Å². The highest BCUT2D eigenvalue weighted by Gasteiger charge is 2.39. The Balaban J connectivity index is 2.51. The molecule has 4 heteroatoms. The Labute approximate surface area is 109 Å². The number of halogens is 2. The van der Waals surface area contributed by atoms with E-state index in [4.69, 9.17) is 22.1 Å². The molecule has 1 aromatic carbocycles. The zero-order chi connectivity index (χ0) is 11.8. The second-order valence-corrected chi connectivity index (χ2v) is 5.54. The van der Waals surface area contributed by atoms with Crippen LogP contribution in [0.4, 0.5) is 0 Å². The standard InChI is InChI=1S/C12H15BrClNO/c1-16-10-6-8(14)5-9(11(10)13)12(7-15)3-2-4-12/h5-6H,2-4,7,15H2,1H3. The summed E-state index contributed by atoms with van der Waals surface area (Å²) in [6.07, 6.45) is 3.50. The molecule has 0 saturated heterocycles. The zero-order valence-electron chi connectivity index (χ0n) is 9.22. The summed E-state index contributed by atoms with van der Waals surface area (Å²) in [4.78, 5) is 0. The lowest BCUT2D eigenvalue weighted by molar-refractivity contribution is 0.251. The van der Waals surface area contributed by atoms with Crippen molar-refractivity contribution >= 4 is 27.5 Å². The van der Waals surface area contributed by atoms with E-state index < -0.39 is 0 Å². The molecule has 0 bridgehead atoms. The SMILES string of the molecule is COc1cc(Cl)cc(C2(CN)CCC2)c1Br. The second kappa shape index (κ2) is 4.55. The molecule has 0 aliphatic heterocycles. The van der Waals surface area contributed by atoms with Gasteiger partial charge in [-0.2, -0.15) is 0 Å². The molecule has 1 aliphatic rings. The van der Waals surface area contributed by atoms with Gasteiger partial charge in [0, 0.05) is 17.0 Å². The van der Waals surface area contributed by atoms with E-state index in [0.29, 0.717) is 11.6 Å². The van der Waals surface area contributed by atoms with Crippen molar-refractivity contribution in [3.8, 4) is 5.75 Å². The number of rotatable bonds is 3. The van der Waals surface area contributed by atoms with Crippen LogP contribution in [0, 0.1) is 0 Å². The first-order valence-electron chi connectivity index (χ1n) is 5.36. The Morgan fingerprint density at radius 3 is 2.62 bits per heavy atom. The number of benzene rings is 1. The van der Waals surface area contributed by atoms with E-state index in [1.54, 1.807) is 7.11 Å². The van der Waals surface area contributed by atoms with E-state index in [9.17, 15) is 0 Å². The molecule has 1 aromatic rings. The van der Waals surface area contributed by atoms with E-state index in [-0.39, 0.29) is 5.41 Å². The van der Waals surface area contributed by atoms with Gasteiger partial charge in [-0.05, 0) is 46.5 Å². The summed E-state index contributed by atoms with van der Waals surface area (Å²) in [5, 5.41) is 0.703. The highest BCUT2D eigenvalue weighted by Crippen LogP contribution is 2.48. The van der Waals surface area contributed by atoms with Crippen molar-refractivity contribution in [2.75, 3.05) is 13.7 Å². The monoisotopic (exact) mass is 303 g/mol. The highest BCUT2D eigenvalue weighted by atomic mass is 79.9. The summed E-state index contributed by atoms with van der Waals surface area (Å²) in [6, 6.07) is 3.82. The predicted molar refractivity (Wildman–Crippen MR) is 70.3 cm³/mol. The van der Waals surface area contributed by atoms with Crippen LogP contribution in [0.2, 0.25) is 5.02 Å². The van der Waals surface area contributed by atoms with Gasteiger partial charge in [0.05, 0.1) is 11.6 Å². The molecule has 2 N–H and O–H groups in total. The molecule has 0 unspecified atom stereocenters. The van der Waals surface area contributed by atoms with Crippen LogP contribution in [0.15, 0.2) is 16.6 Å². The van der Waals surface area contributed by atoms with Gasteiger partial charge in [-0.1, -0.05) is 18.0 Å². The molecule has 2 rings (SSSR count). The maximum atomic E-state index is 6.10. The molecular formula is C12H15BrClNO. The van der Waals surface area contributed by atoms with Crippen LogP contribution >= 0.6 is 27.5 Å². The van der Waals surface area contributed by atoms with Gasteiger partial charge in [0.15, 0.2) is 0 Å². The molecule has 88 valence electrons. The molecule has 0 aromatic heterocycles. The number of hydrogen-bond acceptors (Lipinski definition) is 2. The molecule has 1 aliphatic carbocycles. The second-order valence-electron chi connectivity index (χ2n) is 4.31. The lowest BCUT2D eigenvalue weighted by Gasteiger charge is -2.42. The fourth-order valence-electron chi connectivity index (χ4n) is 2.29. The Morgan fingerprint density at radius 2 is 2.19 bits per heavy atom. The molecule has 1 fully saturated rings. The first-order chi connectivity index (χ1) is 7.63. The molecule has 2 nitrogen and oxygen atoms in total. The lowest BCUT2D eigenvalue weighted by Crippen LogP contribution is -2.41. The first-order valence-corrected chi connectivity index (χ1v) is 6.53. The smallest absolute Gasteiger partial charge is 0.134 e. The molecule has 16 heavy (non-hydrogen) atoms. The molecule has 1 saturated carbocycles. The fraction of sp³-hybridized carbons (Fsp3) is 0.500. The molecular weight excluding hydrogens is 289 g/mol. The maximum absolute atomic E-state index is 6.10. The highest BCUT2D eigenvalue weighted by molar-refractivity contribution is 9.10. The van der Waals surface area contributed by atoms with Crippen LogP contribution in [0.25, 0.3) is 0 Å². The third kappa shape index (κ3) is 1.85. The Hall–Kier alpha value is -0.250. The van der Waals surface area contributed by atoms with Crippen molar-refractivity contribution in [2.45, 2.75) is 24.7 Å². The normalized spacial score (nSPS) is 18.0. The minimum absolute atomic E-state index is 0.0943. The minimum Gasteiger partial charge on any atom is -0.496 e.